The summed E-state index contributed by atoms with van der Waals surface area (Å²) in [5, 5.41) is 4.56. The molecule has 21 heavy (non-hydrogen) atoms. The summed E-state index contributed by atoms with van der Waals surface area (Å²) in [5.74, 6) is 0.685. The number of benzene rings is 2. The molecule has 0 aliphatic heterocycles. The minimum atomic E-state index is 0.418. The Morgan fingerprint density at radius 1 is 1.00 bits per heavy atom. The van der Waals surface area contributed by atoms with Crippen molar-refractivity contribution in [2.24, 2.45) is 0 Å². The number of hydrogen-bond acceptors (Lipinski definition) is 1. The molecule has 0 amide bonds. The van der Waals surface area contributed by atoms with Crippen molar-refractivity contribution in [3.63, 3.8) is 0 Å². The molecule has 1 aliphatic carbocycles. The number of rotatable bonds is 4. The molecule has 0 saturated heterocycles. The Hall–Kier alpha value is -1.31. The van der Waals surface area contributed by atoms with Crippen molar-refractivity contribution in [3.8, 4) is 0 Å². The van der Waals surface area contributed by atoms with Crippen LogP contribution in [0, 0.1) is 6.92 Å². The Balaban J connectivity index is 1.52. The first kappa shape index (κ1) is 14.6. The van der Waals surface area contributed by atoms with Gasteiger partial charge in [-0.3, -0.25) is 0 Å². The Morgan fingerprint density at radius 3 is 2.24 bits per heavy atom. The molecule has 2 aromatic rings. The molecule has 0 aromatic heterocycles. The van der Waals surface area contributed by atoms with Crippen molar-refractivity contribution in [2.75, 3.05) is 0 Å². The highest BCUT2D eigenvalue weighted by molar-refractivity contribution is 6.30. The van der Waals surface area contributed by atoms with Gasteiger partial charge in [-0.05, 0) is 55.9 Å². The smallest absolute Gasteiger partial charge is 0.0406 e. The summed E-state index contributed by atoms with van der Waals surface area (Å²) in [4.78, 5) is 0. The molecule has 2 heteroatoms. The number of nitrogens with one attached hydrogen (secondary N) is 1. The van der Waals surface area contributed by atoms with Gasteiger partial charge >= 0.3 is 0 Å². The third-order valence-electron chi connectivity index (χ3n) is 4.54. The average Bonchev–Trinajstić information content (AvgIpc) is 2.44. The SMILES string of the molecule is Cc1ccc([C@H](C)NC2CC(c3ccc(Cl)cc3)C2)cc1. The quantitative estimate of drug-likeness (QED) is 0.813. The zero-order valence-electron chi connectivity index (χ0n) is 12.6. The van der Waals surface area contributed by atoms with E-state index in [9.17, 15) is 0 Å². The van der Waals surface area contributed by atoms with E-state index in [1.54, 1.807) is 0 Å². The minimum Gasteiger partial charge on any atom is -0.307 e. The van der Waals surface area contributed by atoms with Crippen molar-refractivity contribution in [2.45, 2.75) is 44.7 Å². The zero-order chi connectivity index (χ0) is 14.8. The molecule has 1 aliphatic rings. The first-order valence-electron chi connectivity index (χ1n) is 7.70. The molecule has 0 spiro atoms. The molecule has 1 N–H and O–H groups in total. The lowest BCUT2D eigenvalue weighted by molar-refractivity contribution is 0.271. The molecule has 0 bridgehead atoms. The molecule has 1 fully saturated rings. The number of hydrogen-bond donors (Lipinski definition) is 1. The fourth-order valence-electron chi connectivity index (χ4n) is 3.07. The Bertz CT molecular complexity index is 582. The highest BCUT2D eigenvalue weighted by atomic mass is 35.5. The van der Waals surface area contributed by atoms with E-state index in [0.29, 0.717) is 18.0 Å². The Labute approximate surface area is 132 Å². The summed E-state index contributed by atoms with van der Waals surface area (Å²) in [6.45, 7) is 4.38. The van der Waals surface area contributed by atoms with Crippen LogP contribution in [0.5, 0.6) is 0 Å². The molecule has 0 radical (unpaired) electrons. The van der Waals surface area contributed by atoms with Crippen LogP contribution in [0.15, 0.2) is 48.5 Å². The van der Waals surface area contributed by atoms with Gasteiger partial charge in [-0.2, -0.15) is 0 Å². The number of aryl methyl sites for hydroxylation is 1. The van der Waals surface area contributed by atoms with Crippen LogP contribution >= 0.6 is 11.6 Å². The average molecular weight is 300 g/mol. The lowest BCUT2D eigenvalue weighted by atomic mass is 9.75. The second-order valence-corrected chi connectivity index (χ2v) is 6.65. The van der Waals surface area contributed by atoms with Gasteiger partial charge < -0.3 is 5.32 Å². The van der Waals surface area contributed by atoms with Crippen LogP contribution in [-0.4, -0.2) is 6.04 Å². The van der Waals surface area contributed by atoms with Crippen LogP contribution in [0.25, 0.3) is 0 Å². The molecule has 1 saturated carbocycles. The van der Waals surface area contributed by atoms with Gasteiger partial charge in [0.15, 0.2) is 0 Å². The van der Waals surface area contributed by atoms with E-state index in [0.717, 1.165) is 5.02 Å². The molecule has 1 atom stereocenters. The van der Waals surface area contributed by atoms with Crippen LogP contribution in [0.3, 0.4) is 0 Å². The van der Waals surface area contributed by atoms with E-state index < -0.39 is 0 Å². The van der Waals surface area contributed by atoms with Gasteiger partial charge in [-0.1, -0.05) is 53.6 Å². The van der Waals surface area contributed by atoms with E-state index >= 15 is 0 Å². The molecule has 0 heterocycles. The van der Waals surface area contributed by atoms with Crippen molar-refractivity contribution >= 4 is 11.6 Å². The summed E-state index contributed by atoms with van der Waals surface area (Å²) < 4.78 is 0. The van der Waals surface area contributed by atoms with Gasteiger partial charge in [0.05, 0.1) is 0 Å². The summed E-state index contributed by atoms with van der Waals surface area (Å²) in [6.07, 6.45) is 2.44. The lowest BCUT2D eigenvalue weighted by Crippen LogP contribution is -2.41. The summed E-state index contributed by atoms with van der Waals surface area (Å²) in [5.41, 5.74) is 4.10. The van der Waals surface area contributed by atoms with Crippen LogP contribution in [0.4, 0.5) is 0 Å². The molecule has 110 valence electrons. The van der Waals surface area contributed by atoms with Crippen molar-refractivity contribution in [3.05, 3.63) is 70.2 Å². The number of halogens is 1. The monoisotopic (exact) mass is 299 g/mol. The standard InChI is InChI=1S/C19H22ClN/c1-13-3-5-15(6-4-13)14(2)21-19-11-17(12-19)16-7-9-18(20)10-8-16/h3-10,14,17,19,21H,11-12H2,1-2H3/t14-,17?,19?/m0/s1. The molecule has 2 aromatic carbocycles. The fourth-order valence-corrected chi connectivity index (χ4v) is 3.19. The van der Waals surface area contributed by atoms with E-state index in [-0.39, 0.29) is 0 Å². The molecular weight excluding hydrogens is 278 g/mol. The third kappa shape index (κ3) is 3.48. The largest absolute Gasteiger partial charge is 0.307 e. The van der Waals surface area contributed by atoms with Crippen molar-refractivity contribution in [1.29, 1.82) is 0 Å². The molecule has 3 rings (SSSR count). The maximum atomic E-state index is 5.94. The fraction of sp³-hybridized carbons (Fsp3) is 0.368. The minimum absolute atomic E-state index is 0.418. The summed E-state index contributed by atoms with van der Waals surface area (Å²) in [6, 6.07) is 18.2. The first-order valence-corrected chi connectivity index (χ1v) is 8.07. The van der Waals surface area contributed by atoms with Gasteiger partial charge in [0.25, 0.3) is 0 Å². The maximum absolute atomic E-state index is 5.94. The summed E-state index contributed by atoms with van der Waals surface area (Å²) >= 11 is 5.94. The zero-order valence-corrected chi connectivity index (χ0v) is 13.4. The van der Waals surface area contributed by atoms with Gasteiger partial charge in [0, 0.05) is 17.1 Å². The Morgan fingerprint density at radius 2 is 1.62 bits per heavy atom. The first-order chi connectivity index (χ1) is 10.1. The van der Waals surface area contributed by atoms with E-state index in [1.807, 2.05) is 12.1 Å². The van der Waals surface area contributed by atoms with E-state index in [1.165, 1.54) is 29.5 Å². The van der Waals surface area contributed by atoms with Gasteiger partial charge in [0.2, 0.25) is 0 Å². The topological polar surface area (TPSA) is 12.0 Å². The van der Waals surface area contributed by atoms with Crippen LogP contribution in [0.1, 0.15) is 48.4 Å². The van der Waals surface area contributed by atoms with Gasteiger partial charge in [-0.25, -0.2) is 0 Å². The highest BCUT2D eigenvalue weighted by Crippen LogP contribution is 2.38. The van der Waals surface area contributed by atoms with Crippen LogP contribution in [-0.2, 0) is 0 Å². The van der Waals surface area contributed by atoms with Crippen LogP contribution < -0.4 is 5.32 Å². The highest BCUT2D eigenvalue weighted by Gasteiger charge is 2.30. The van der Waals surface area contributed by atoms with Crippen LogP contribution in [0.2, 0.25) is 5.02 Å². The normalized spacial score (nSPS) is 22.6. The predicted octanol–water partition coefficient (Wildman–Crippen LogP) is 5.25. The molecule has 0 unspecified atom stereocenters. The molecular formula is C19H22ClN. The second kappa shape index (κ2) is 6.21. The third-order valence-corrected chi connectivity index (χ3v) is 4.79. The second-order valence-electron chi connectivity index (χ2n) is 6.22. The predicted molar refractivity (Wildman–Crippen MR) is 89.9 cm³/mol. The van der Waals surface area contributed by atoms with E-state index in [2.05, 4.69) is 55.6 Å². The molecule has 1 nitrogen and oxygen atoms in total. The Kier molecular flexibility index (Phi) is 4.32. The van der Waals surface area contributed by atoms with Crippen molar-refractivity contribution in [1.82, 2.24) is 5.32 Å². The van der Waals surface area contributed by atoms with Crippen molar-refractivity contribution < 1.29 is 0 Å². The van der Waals surface area contributed by atoms with E-state index in [4.69, 9.17) is 11.6 Å². The lowest BCUT2D eigenvalue weighted by Gasteiger charge is -2.38. The summed E-state index contributed by atoms with van der Waals surface area (Å²) in [7, 11) is 0. The van der Waals surface area contributed by atoms with Gasteiger partial charge in [-0.15, -0.1) is 0 Å². The maximum Gasteiger partial charge on any atom is 0.0406 e. The van der Waals surface area contributed by atoms with Gasteiger partial charge in [0.1, 0.15) is 0 Å².